The van der Waals surface area contributed by atoms with E-state index in [1.807, 2.05) is 24.3 Å². The molecule has 1 aromatic rings. The maximum Gasteiger partial charge on any atom is 0.222 e. The second-order valence-electron chi connectivity index (χ2n) is 4.77. The Kier molecular flexibility index (Phi) is 4.55. The first-order valence-electron chi connectivity index (χ1n) is 6.61. The number of methoxy groups -OCH3 is 1. The molecule has 2 rings (SSSR count). The standard InChI is InChI=1S/C15H19NO3/c1-19-14-4-2-3-12(11-14)5-6-15(18)16-9-7-13(17)8-10-16/h2-4,11H,5-10H2,1H3. The number of likely N-dealkylation sites (tertiary alicyclic amines) is 1. The van der Waals surface area contributed by atoms with Gasteiger partial charge in [0.25, 0.3) is 0 Å². The van der Waals surface area contributed by atoms with Gasteiger partial charge in [-0.05, 0) is 24.1 Å². The van der Waals surface area contributed by atoms with Crippen molar-refractivity contribution in [2.75, 3.05) is 20.2 Å². The Morgan fingerprint density at radius 3 is 2.74 bits per heavy atom. The van der Waals surface area contributed by atoms with Crippen LogP contribution >= 0.6 is 0 Å². The van der Waals surface area contributed by atoms with Crippen LogP contribution in [0.4, 0.5) is 0 Å². The fraction of sp³-hybridized carbons (Fsp3) is 0.467. The van der Waals surface area contributed by atoms with Gasteiger partial charge in [0.05, 0.1) is 7.11 Å². The average molecular weight is 261 g/mol. The molecule has 0 saturated carbocycles. The van der Waals surface area contributed by atoms with Gasteiger partial charge in [-0.2, -0.15) is 0 Å². The average Bonchev–Trinajstić information content (AvgIpc) is 2.46. The van der Waals surface area contributed by atoms with Crippen molar-refractivity contribution in [2.45, 2.75) is 25.7 Å². The van der Waals surface area contributed by atoms with E-state index in [0.717, 1.165) is 11.3 Å². The molecule has 1 aromatic carbocycles. The molecule has 0 spiro atoms. The van der Waals surface area contributed by atoms with Crippen LogP contribution < -0.4 is 4.74 Å². The maximum atomic E-state index is 12.0. The zero-order valence-electron chi connectivity index (χ0n) is 11.2. The van der Waals surface area contributed by atoms with Gasteiger partial charge in [-0.25, -0.2) is 0 Å². The number of hydrogen-bond acceptors (Lipinski definition) is 3. The highest BCUT2D eigenvalue weighted by molar-refractivity contribution is 5.83. The summed E-state index contributed by atoms with van der Waals surface area (Å²) in [6.45, 7) is 1.16. The minimum absolute atomic E-state index is 0.135. The van der Waals surface area contributed by atoms with E-state index < -0.39 is 0 Å². The third-order valence-corrected chi connectivity index (χ3v) is 3.44. The van der Waals surface area contributed by atoms with Gasteiger partial charge >= 0.3 is 0 Å². The van der Waals surface area contributed by atoms with Crippen LogP contribution in [0, 0.1) is 0 Å². The zero-order valence-corrected chi connectivity index (χ0v) is 11.2. The number of Topliss-reactive ketones (excluding diaryl/α,β-unsaturated/α-hetero) is 1. The minimum atomic E-state index is 0.135. The Hall–Kier alpha value is -1.84. The Labute approximate surface area is 113 Å². The first-order valence-corrected chi connectivity index (χ1v) is 6.61. The van der Waals surface area contributed by atoms with Gasteiger partial charge in [-0.3, -0.25) is 9.59 Å². The smallest absolute Gasteiger partial charge is 0.222 e. The summed E-state index contributed by atoms with van der Waals surface area (Å²) in [6, 6.07) is 7.77. The number of carbonyl (C=O) groups is 2. The molecule has 0 radical (unpaired) electrons. The van der Waals surface area contributed by atoms with E-state index in [9.17, 15) is 9.59 Å². The van der Waals surface area contributed by atoms with E-state index in [0.29, 0.717) is 38.8 Å². The molecule has 19 heavy (non-hydrogen) atoms. The fourth-order valence-corrected chi connectivity index (χ4v) is 2.24. The van der Waals surface area contributed by atoms with E-state index >= 15 is 0 Å². The number of benzene rings is 1. The molecule has 1 aliphatic heterocycles. The van der Waals surface area contributed by atoms with Crippen LogP contribution in [-0.2, 0) is 16.0 Å². The van der Waals surface area contributed by atoms with E-state index in [1.165, 1.54) is 0 Å². The molecule has 0 N–H and O–H groups in total. The monoisotopic (exact) mass is 261 g/mol. The van der Waals surface area contributed by atoms with Crippen LogP contribution in [-0.4, -0.2) is 36.8 Å². The molecule has 4 nitrogen and oxygen atoms in total. The molecule has 0 atom stereocenters. The topological polar surface area (TPSA) is 46.6 Å². The second kappa shape index (κ2) is 6.36. The largest absolute Gasteiger partial charge is 0.497 e. The highest BCUT2D eigenvalue weighted by Gasteiger charge is 2.20. The predicted molar refractivity (Wildman–Crippen MR) is 72.1 cm³/mol. The zero-order chi connectivity index (χ0) is 13.7. The number of ketones is 1. The number of amides is 1. The van der Waals surface area contributed by atoms with Crippen LogP contribution in [0.25, 0.3) is 0 Å². The summed E-state index contributed by atoms with van der Waals surface area (Å²) in [5.74, 6) is 1.21. The molecule has 0 unspecified atom stereocenters. The molecule has 1 saturated heterocycles. The highest BCUT2D eigenvalue weighted by atomic mass is 16.5. The minimum Gasteiger partial charge on any atom is -0.497 e. The van der Waals surface area contributed by atoms with Crippen molar-refractivity contribution in [1.29, 1.82) is 0 Å². The van der Waals surface area contributed by atoms with E-state index in [4.69, 9.17) is 4.74 Å². The summed E-state index contributed by atoms with van der Waals surface area (Å²) >= 11 is 0. The van der Waals surface area contributed by atoms with E-state index in [1.54, 1.807) is 12.0 Å². The molecule has 0 aliphatic carbocycles. The summed E-state index contributed by atoms with van der Waals surface area (Å²) in [4.78, 5) is 24.9. The van der Waals surface area contributed by atoms with Gasteiger partial charge in [0.15, 0.2) is 0 Å². The van der Waals surface area contributed by atoms with Gasteiger partial charge in [0, 0.05) is 32.4 Å². The van der Waals surface area contributed by atoms with Crippen molar-refractivity contribution in [3.63, 3.8) is 0 Å². The molecule has 0 aromatic heterocycles. The Morgan fingerprint density at radius 1 is 1.32 bits per heavy atom. The van der Waals surface area contributed by atoms with Crippen LogP contribution in [0.15, 0.2) is 24.3 Å². The first kappa shape index (κ1) is 13.6. The summed E-state index contributed by atoms with van der Waals surface area (Å²) < 4.78 is 5.16. The molecular weight excluding hydrogens is 242 g/mol. The lowest BCUT2D eigenvalue weighted by atomic mass is 10.1. The molecule has 1 fully saturated rings. The summed E-state index contributed by atoms with van der Waals surface area (Å²) in [5, 5.41) is 0. The van der Waals surface area contributed by atoms with Crippen molar-refractivity contribution in [2.24, 2.45) is 0 Å². The van der Waals surface area contributed by atoms with Gasteiger partial charge < -0.3 is 9.64 Å². The third kappa shape index (κ3) is 3.81. The SMILES string of the molecule is COc1cccc(CCC(=O)N2CCC(=O)CC2)c1. The fourth-order valence-electron chi connectivity index (χ4n) is 2.24. The van der Waals surface area contributed by atoms with Crippen molar-refractivity contribution in [3.05, 3.63) is 29.8 Å². The highest BCUT2D eigenvalue weighted by Crippen LogP contribution is 2.15. The van der Waals surface area contributed by atoms with Crippen LogP contribution in [0.5, 0.6) is 5.75 Å². The van der Waals surface area contributed by atoms with Gasteiger partial charge in [-0.15, -0.1) is 0 Å². The Balaban J connectivity index is 1.84. The molecule has 0 bridgehead atoms. The second-order valence-corrected chi connectivity index (χ2v) is 4.77. The van der Waals surface area contributed by atoms with Crippen LogP contribution in [0.3, 0.4) is 0 Å². The molecule has 4 heteroatoms. The lowest BCUT2D eigenvalue weighted by Gasteiger charge is -2.26. The lowest BCUT2D eigenvalue weighted by Crippen LogP contribution is -2.38. The molecule has 1 heterocycles. The van der Waals surface area contributed by atoms with Crippen molar-refractivity contribution < 1.29 is 14.3 Å². The molecule has 1 aliphatic rings. The summed E-state index contributed by atoms with van der Waals surface area (Å²) in [5.41, 5.74) is 1.10. The first-order chi connectivity index (χ1) is 9.19. The Morgan fingerprint density at radius 2 is 2.05 bits per heavy atom. The van der Waals surface area contributed by atoms with Gasteiger partial charge in [0.1, 0.15) is 11.5 Å². The number of rotatable bonds is 4. The normalized spacial score (nSPS) is 15.4. The maximum absolute atomic E-state index is 12.0. The van der Waals surface area contributed by atoms with Gasteiger partial charge in [-0.1, -0.05) is 12.1 Å². The summed E-state index contributed by atoms with van der Waals surface area (Å²) in [7, 11) is 1.63. The van der Waals surface area contributed by atoms with Crippen molar-refractivity contribution in [1.82, 2.24) is 4.90 Å². The third-order valence-electron chi connectivity index (χ3n) is 3.44. The number of nitrogens with zero attached hydrogens (tertiary/aromatic N) is 1. The van der Waals surface area contributed by atoms with Crippen molar-refractivity contribution in [3.8, 4) is 5.75 Å². The molecular formula is C15H19NO3. The lowest BCUT2D eigenvalue weighted by molar-refractivity contribution is -0.134. The van der Waals surface area contributed by atoms with E-state index in [2.05, 4.69) is 0 Å². The van der Waals surface area contributed by atoms with E-state index in [-0.39, 0.29) is 11.7 Å². The quantitative estimate of drug-likeness (QED) is 0.830. The molecule has 102 valence electrons. The Bertz CT molecular complexity index is 460. The summed E-state index contributed by atoms with van der Waals surface area (Å²) in [6.07, 6.45) is 2.21. The number of aryl methyl sites for hydroxylation is 1. The van der Waals surface area contributed by atoms with Crippen LogP contribution in [0.1, 0.15) is 24.8 Å². The van der Waals surface area contributed by atoms with Crippen LogP contribution in [0.2, 0.25) is 0 Å². The molecule has 1 amide bonds. The predicted octanol–water partition coefficient (Wildman–Crippen LogP) is 1.82. The van der Waals surface area contributed by atoms with Gasteiger partial charge in [0.2, 0.25) is 5.91 Å². The number of ether oxygens (including phenoxy) is 1. The number of piperidine rings is 1. The van der Waals surface area contributed by atoms with Crippen molar-refractivity contribution >= 4 is 11.7 Å². The number of carbonyl (C=O) groups excluding carboxylic acids is 2. The number of hydrogen-bond donors (Lipinski definition) is 0.